The number of hydrogen-bond donors (Lipinski definition) is 0. The number of ether oxygens (including phenoxy) is 1. The lowest BCUT2D eigenvalue weighted by atomic mass is 9.78. The summed E-state index contributed by atoms with van der Waals surface area (Å²) in [6.07, 6.45) is 31.4. The van der Waals surface area contributed by atoms with Gasteiger partial charge in [0.25, 0.3) is 0 Å². The van der Waals surface area contributed by atoms with Gasteiger partial charge in [0.15, 0.2) is 0 Å². The van der Waals surface area contributed by atoms with Crippen molar-refractivity contribution in [2.24, 2.45) is 23.7 Å². The first-order chi connectivity index (χ1) is 17.8. The van der Waals surface area contributed by atoms with Crippen LogP contribution in [0.15, 0.2) is 24.3 Å². The molecule has 0 spiro atoms. The van der Waals surface area contributed by atoms with E-state index >= 15 is 0 Å². The topological polar surface area (TPSA) is 9.23 Å². The van der Waals surface area contributed by atoms with Crippen LogP contribution in [0.4, 0.5) is 0 Å². The number of aryl methyl sites for hydroxylation is 1. The van der Waals surface area contributed by atoms with Gasteiger partial charge in [0, 0.05) is 0 Å². The Labute approximate surface area is 225 Å². The lowest BCUT2D eigenvalue weighted by Crippen LogP contribution is -2.15. The highest BCUT2D eigenvalue weighted by atomic mass is 16.5. The van der Waals surface area contributed by atoms with E-state index < -0.39 is 0 Å². The summed E-state index contributed by atoms with van der Waals surface area (Å²) in [6.45, 7) is 5.51. The van der Waals surface area contributed by atoms with E-state index in [4.69, 9.17) is 4.74 Å². The van der Waals surface area contributed by atoms with Crippen LogP contribution in [0.25, 0.3) is 0 Å². The Kier molecular flexibility index (Phi) is 15.0. The van der Waals surface area contributed by atoms with E-state index in [2.05, 4.69) is 38.1 Å². The molecule has 0 unspecified atom stereocenters. The minimum atomic E-state index is 0.887. The maximum Gasteiger partial charge on any atom is 0.119 e. The van der Waals surface area contributed by atoms with Crippen LogP contribution >= 0.6 is 0 Å². The molecule has 0 saturated heterocycles. The minimum absolute atomic E-state index is 0.887. The lowest BCUT2D eigenvalue weighted by molar-refractivity contribution is 0.228. The summed E-state index contributed by atoms with van der Waals surface area (Å²) in [5.74, 6) is 5.05. The Hall–Kier alpha value is -0.980. The van der Waals surface area contributed by atoms with Crippen LogP contribution in [0.2, 0.25) is 0 Å². The third-order valence-electron chi connectivity index (χ3n) is 9.65. The standard InChI is InChI=1S/C35H60O/c1-3-5-7-8-10-13-31-19-21-33(22-20-31)23-24-34-25-27-35(28-26-34)36-29-11-14-32-17-15-30(16-18-32)12-9-6-4-2/h25-28,30-33H,3-24,29H2,1-2H3. The van der Waals surface area contributed by atoms with Gasteiger partial charge in [-0.25, -0.2) is 0 Å². The first-order valence-corrected chi connectivity index (χ1v) is 16.5. The first-order valence-electron chi connectivity index (χ1n) is 16.5. The van der Waals surface area contributed by atoms with Gasteiger partial charge in [0.2, 0.25) is 0 Å². The third kappa shape index (κ3) is 12.0. The number of benzene rings is 1. The van der Waals surface area contributed by atoms with Crippen molar-refractivity contribution >= 4 is 0 Å². The van der Waals surface area contributed by atoms with E-state index in [1.807, 2.05) is 0 Å². The van der Waals surface area contributed by atoms with Gasteiger partial charge in [-0.1, -0.05) is 142 Å². The second-order valence-corrected chi connectivity index (χ2v) is 12.6. The average Bonchev–Trinajstić information content (AvgIpc) is 2.92. The normalized spacial score (nSPS) is 24.6. The summed E-state index contributed by atoms with van der Waals surface area (Å²) >= 11 is 0. The molecule has 0 radical (unpaired) electrons. The van der Waals surface area contributed by atoms with Crippen molar-refractivity contribution in [1.29, 1.82) is 0 Å². The van der Waals surface area contributed by atoms with Crippen LogP contribution in [-0.4, -0.2) is 6.61 Å². The summed E-state index contributed by atoms with van der Waals surface area (Å²) in [6, 6.07) is 9.06. The van der Waals surface area contributed by atoms with Crippen molar-refractivity contribution in [2.75, 3.05) is 6.61 Å². The van der Waals surface area contributed by atoms with Gasteiger partial charge in [0.1, 0.15) is 5.75 Å². The zero-order valence-corrected chi connectivity index (χ0v) is 24.3. The molecule has 0 atom stereocenters. The molecule has 1 aromatic carbocycles. The number of hydrogen-bond acceptors (Lipinski definition) is 1. The van der Waals surface area contributed by atoms with Crippen LogP contribution in [0, 0.1) is 23.7 Å². The molecule has 2 fully saturated rings. The van der Waals surface area contributed by atoms with Crippen molar-refractivity contribution in [3.05, 3.63) is 29.8 Å². The average molecular weight is 497 g/mol. The predicted octanol–water partition coefficient (Wildman–Crippen LogP) is 11.3. The monoisotopic (exact) mass is 496 g/mol. The van der Waals surface area contributed by atoms with E-state index in [-0.39, 0.29) is 0 Å². The summed E-state index contributed by atoms with van der Waals surface area (Å²) in [5, 5.41) is 0. The second kappa shape index (κ2) is 18.3. The van der Waals surface area contributed by atoms with Crippen molar-refractivity contribution < 1.29 is 4.74 Å². The van der Waals surface area contributed by atoms with Crippen LogP contribution in [0.3, 0.4) is 0 Å². The maximum absolute atomic E-state index is 6.10. The fraction of sp³-hybridized carbons (Fsp3) is 0.829. The zero-order valence-electron chi connectivity index (χ0n) is 24.3. The quantitative estimate of drug-likeness (QED) is 0.184. The van der Waals surface area contributed by atoms with E-state index in [1.165, 1.54) is 147 Å². The molecule has 36 heavy (non-hydrogen) atoms. The van der Waals surface area contributed by atoms with E-state index in [1.54, 1.807) is 0 Å². The maximum atomic E-state index is 6.10. The molecule has 0 heterocycles. The zero-order chi connectivity index (χ0) is 25.3. The molecule has 2 saturated carbocycles. The Morgan fingerprint density at radius 1 is 0.528 bits per heavy atom. The predicted molar refractivity (Wildman–Crippen MR) is 158 cm³/mol. The molecule has 0 N–H and O–H groups in total. The molecule has 2 aliphatic rings. The summed E-state index contributed by atoms with van der Waals surface area (Å²) < 4.78 is 6.10. The van der Waals surface area contributed by atoms with Crippen LogP contribution in [0.1, 0.15) is 154 Å². The van der Waals surface area contributed by atoms with E-state index in [0.29, 0.717) is 0 Å². The molecule has 0 aromatic heterocycles. The Balaban J connectivity index is 1.19. The molecular formula is C35H60O. The van der Waals surface area contributed by atoms with Gasteiger partial charge in [-0.15, -0.1) is 0 Å². The highest BCUT2D eigenvalue weighted by Crippen LogP contribution is 2.35. The van der Waals surface area contributed by atoms with Crippen molar-refractivity contribution in [3.63, 3.8) is 0 Å². The summed E-state index contributed by atoms with van der Waals surface area (Å²) in [7, 11) is 0. The van der Waals surface area contributed by atoms with Gasteiger partial charge in [-0.3, -0.25) is 0 Å². The highest BCUT2D eigenvalue weighted by Gasteiger charge is 2.21. The van der Waals surface area contributed by atoms with Crippen LogP contribution in [0.5, 0.6) is 5.75 Å². The van der Waals surface area contributed by atoms with Crippen molar-refractivity contribution in [3.8, 4) is 5.75 Å². The lowest BCUT2D eigenvalue weighted by Gasteiger charge is -2.28. The molecule has 206 valence electrons. The minimum Gasteiger partial charge on any atom is -0.494 e. The van der Waals surface area contributed by atoms with Crippen molar-refractivity contribution in [2.45, 2.75) is 155 Å². The first kappa shape index (κ1) is 29.6. The van der Waals surface area contributed by atoms with Crippen LogP contribution < -0.4 is 4.74 Å². The van der Waals surface area contributed by atoms with E-state index in [0.717, 1.165) is 36.0 Å². The number of rotatable bonds is 18. The third-order valence-corrected chi connectivity index (χ3v) is 9.65. The molecule has 0 bridgehead atoms. The molecule has 0 amide bonds. The fourth-order valence-corrected chi connectivity index (χ4v) is 7.02. The van der Waals surface area contributed by atoms with Crippen LogP contribution in [-0.2, 0) is 6.42 Å². The van der Waals surface area contributed by atoms with Crippen molar-refractivity contribution in [1.82, 2.24) is 0 Å². The Morgan fingerprint density at radius 2 is 0.972 bits per heavy atom. The summed E-state index contributed by atoms with van der Waals surface area (Å²) in [5.41, 5.74) is 1.50. The largest absolute Gasteiger partial charge is 0.494 e. The van der Waals surface area contributed by atoms with Gasteiger partial charge >= 0.3 is 0 Å². The van der Waals surface area contributed by atoms with Gasteiger partial charge in [-0.2, -0.15) is 0 Å². The second-order valence-electron chi connectivity index (χ2n) is 12.6. The van der Waals surface area contributed by atoms with E-state index in [9.17, 15) is 0 Å². The van der Waals surface area contributed by atoms with Gasteiger partial charge in [0.05, 0.1) is 6.61 Å². The van der Waals surface area contributed by atoms with Gasteiger partial charge in [-0.05, 0) is 67.1 Å². The molecule has 3 rings (SSSR count). The molecule has 1 heteroatoms. The molecule has 0 aliphatic heterocycles. The highest BCUT2D eigenvalue weighted by molar-refractivity contribution is 5.27. The Bertz CT molecular complexity index is 633. The smallest absolute Gasteiger partial charge is 0.119 e. The molecular weight excluding hydrogens is 436 g/mol. The number of unbranched alkanes of at least 4 members (excludes halogenated alkanes) is 6. The Morgan fingerprint density at radius 3 is 1.53 bits per heavy atom. The SMILES string of the molecule is CCCCCCCC1CCC(CCc2ccc(OCCCC3CCC(CCCCC)CC3)cc2)CC1. The molecule has 1 nitrogen and oxygen atoms in total. The summed E-state index contributed by atoms with van der Waals surface area (Å²) in [4.78, 5) is 0. The fourth-order valence-electron chi connectivity index (χ4n) is 7.02. The molecule has 1 aromatic rings. The molecule has 2 aliphatic carbocycles. The van der Waals surface area contributed by atoms with Gasteiger partial charge < -0.3 is 4.74 Å².